The third kappa shape index (κ3) is 3.38. The summed E-state index contributed by atoms with van der Waals surface area (Å²) in [5.74, 6) is -1.13. The van der Waals surface area contributed by atoms with Crippen LogP contribution in [0.4, 0.5) is 0 Å². The fourth-order valence-electron chi connectivity index (χ4n) is 2.25. The summed E-state index contributed by atoms with van der Waals surface area (Å²) in [5, 5.41) is 10.9. The van der Waals surface area contributed by atoms with Crippen LogP contribution in [0.3, 0.4) is 0 Å². The van der Waals surface area contributed by atoms with Gasteiger partial charge in [-0.3, -0.25) is 19.7 Å². The molecule has 1 N–H and O–H groups in total. The summed E-state index contributed by atoms with van der Waals surface area (Å²) in [6.45, 7) is 2.09. The second-order valence-electron chi connectivity index (χ2n) is 4.82. The summed E-state index contributed by atoms with van der Waals surface area (Å²) in [5.41, 5.74) is 1.31. The van der Waals surface area contributed by atoms with E-state index in [1.54, 1.807) is 37.3 Å². The number of carbonyl (C=O) groups excluding carboxylic acids is 3. The van der Waals surface area contributed by atoms with Crippen LogP contribution in [0, 0.1) is 11.3 Å². The molecule has 6 nitrogen and oxygen atoms in total. The number of hydrogen-bond acceptors (Lipinski definition) is 4. The van der Waals surface area contributed by atoms with E-state index in [0.717, 1.165) is 5.56 Å². The van der Waals surface area contributed by atoms with Crippen molar-refractivity contribution in [1.29, 1.82) is 5.26 Å². The van der Waals surface area contributed by atoms with E-state index in [2.05, 4.69) is 5.32 Å². The minimum atomic E-state index is -0.740. The van der Waals surface area contributed by atoms with Gasteiger partial charge in [0, 0.05) is 12.6 Å². The van der Waals surface area contributed by atoms with Gasteiger partial charge in [-0.1, -0.05) is 12.1 Å². The number of nitriles is 1. The molecule has 1 aliphatic heterocycles. The molecule has 112 valence electrons. The number of benzene rings is 1. The molecule has 1 unspecified atom stereocenters. The quantitative estimate of drug-likeness (QED) is 0.658. The first-order valence-electron chi connectivity index (χ1n) is 6.87. The van der Waals surface area contributed by atoms with E-state index in [1.165, 1.54) is 11.0 Å². The van der Waals surface area contributed by atoms with E-state index in [1.807, 2.05) is 6.07 Å². The number of likely N-dealkylation sites (N-methyl/N-ethyl adjacent to an activating group) is 1. The minimum absolute atomic E-state index is 0.00309. The molecule has 0 radical (unpaired) electrons. The molecule has 1 fully saturated rings. The average molecular weight is 297 g/mol. The molecule has 1 heterocycles. The zero-order valence-corrected chi connectivity index (χ0v) is 12.1. The van der Waals surface area contributed by atoms with Gasteiger partial charge in [0.25, 0.3) is 0 Å². The first-order valence-corrected chi connectivity index (χ1v) is 6.87. The van der Waals surface area contributed by atoms with E-state index < -0.39 is 11.9 Å². The van der Waals surface area contributed by atoms with Gasteiger partial charge in [-0.25, -0.2) is 0 Å². The Morgan fingerprint density at radius 3 is 2.59 bits per heavy atom. The van der Waals surface area contributed by atoms with Crippen LogP contribution < -0.4 is 5.32 Å². The summed E-state index contributed by atoms with van der Waals surface area (Å²) < 4.78 is 0. The minimum Gasteiger partial charge on any atom is -0.327 e. The predicted molar refractivity (Wildman–Crippen MR) is 79.1 cm³/mol. The molecule has 1 atom stereocenters. The topological polar surface area (TPSA) is 90.3 Å². The number of nitrogens with zero attached hydrogens (tertiary/aromatic N) is 2. The van der Waals surface area contributed by atoms with Gasteiger partial charge in [-0.15, -0.1) is 0 Å². The molecule has 0 aliphatic carbocycles. The second kappa shape index (κ2) is 6.68. The molecular weight excluding hydrogens is 282 g/mol. The van der Waals surface area contributed by atoms with Gasteiger partial charge in [0.2, 0.25) is 17.7 Å². The van der Waals surface area contributed by atoms with Crippen LogP contribution in [-0.2, 0) is 14.4 Å². The molecule has 6 heteroatoms. The van der Waals surface area contributed by atoms with Crippen LogP contribution in [0.2, 0.25) is 0 Å². The highest BCUT2D eigenvalue weighted by atomic mass is 16.2. The van der Waals surface area contributed by atoms with Gasteiger partial charge >= 0.3 is 0 Å². The Morgan fingerprint density at radius 2 is 2.09 bits per heavy atom. The van der Waals surface area contributed by atoms with Gasteiger partial charge < -0.3 is 4.90 Å². The van der Waals surface area contributed by atoms with Gasteiger partial charge in [-0.05, 0) is 30.7 Å². The van der Waals surface area contributed by atoms with E-state index in [-0.39, 0.29) is 18.2 Å². The molecule has 3 amide bonds. The Balaban J connectivity index is 2.08. The monoisotopic (exact) mass is 297 g/mol. The van der Waals surface area contributed by atoms with E-state index in [0.29, 0.717) is 12.1 Å². The Kier molecular flexibility index (Phi) is 4.69. The van der Waals surface area contributed by atoms with Gasteiger partial charge in [-0.2, -0.15) is 5.26 Å². The van der Waals surface area contributed by atoms with Crippen LogP contribution in [0.1, 0.15) is 24.5 Å². The van der Waals surface area contributed by atoms with Gasteiger partial charge in [0.1, 0.15) is 6.04 Å². The lowest BCUT2D eigenvalue weighted by Gasteiger charge is -2.23. The highest BCUT2D eigenvalue weighted by Gasteiger charge is 2.36. The van der Waals surface area contributed by atoms with Crippen LogP contribution in [0.15, 0.2) is 30.3 Å². The molecule has 1 saturated heterocycles. The fraction of sp³-hybridized carbons (Fsp3) is 0.250. The number of rotatable bonds is 4. The lowest BCUT2D eigenvalue weighted by Crippen LogP contribution is -2.43. The number of amides is 3. The first kappa shape index (κ1) is 15.4. The Hall–Kier alpha value is -2.94. The van der Waals surface area contributed by atoms with Crippen molar-refractivity contribution in [2.75, 3.05) is 6.54 Å². The van der Waals surface area contributed by atoms with Gasteiger partial charge in [0.15, 0.2) is 0 Å². The van der Waals surface area contributed by atoms with Crippen molar-refractivity contribution in [3.8, 4) is 6.07 Å². The molecule has 0 bridgehead atoms. The Bertz CT molecular complexity index is 671. The molecule has 1 aromatic carbocycles. The molecule has 1 aliphatic rings. The third-order valence-corrected chi connectivity index (χ3v) is 3.40. The molecular formula is C16H15N3O3. The van der Waals surface area contributed by atoms with Crippen molar-refractivity contribution in [1.82, 2.24) is 10.2 Å². The fourth-order valence-corrected chi connectivity index (χ4v) is 2.25. The van der Waals surface area contributed by atoms with Crippen molar-refractivity contribution in [2.45, 2.75) is 19.4 Å². The SMILES string of the molecule is CCN(C(=O)C=Cc1ccc(C#N)cc1)C1CC(=O)NC1=O. The molecule has 0 aromatic heterocycles. The van der Waals surface area contributed by atoms with Crippen LogP contribution in [0.5, 0.6) is 0 Å². The maximum Gasteiger partial charge on any atom is 0.249 e. The molecule has 2 rings (SSSR count). The number of hydrogen-bond donors (Lipinski definition) is 1. The van der Waals surface area contributed by atoms with E-state index in [9.17, 15) is 14.4 Å². The second-order valence-corrected chi connectivity index (χ2v) is 4.82. The highest BCUT2D eigenvalue weighted by Crippen LogP contribution is 2.12. The zero-order valence-electron chi connectivity index (χ0n) is 12.1. The summed E-state index contributed by atoms with van der Waals surface area (Å²) in [6, 6.07) is 8.05. The summed E-state index contributed by atoms with van der Waals surface area (Å²) in [7, 11) is 0. The standard InChI is InChI=1S/C16H15N3O3/c1-2-19(13-9-14(20)18-16(13)22)15(21)8-7-11-3-5-12(10-17)6-4-11/h3-8,13H,2,9H2,1H3,(H,18,20,22). The van der Waals surface area contributed by atoms with E-state index in [4.69, 9.17) is 5.26 Å². The molecule has 0 spiro atoms. The maximum absolute atomic E-state index is 12.2. The van der Waals surface area contributed by atoms with Crippen molar-refractivity contribution >= 4 is 23.8 Å². The molecule has 22 heavy (non-hydrogen) atoms. The summed E-state index contributed by atoms with van der Waals surface area (Å²) in [6.07, 6.45) is 2.98. The smallest absolute Gasteiger partial charge is 0.249 e. The third-order valence-electron chi connectivity index (χ3n) is 3.40. The largest absolute Gasteiger partial charge is 0.327 e. The van der Waals surface area contributed by atoms with Crippen molar-refractivity contribution in [3.05, 3.63) is 41.5 Å². The number of carbonyl (C=O) groups is 3. The lowest BCUT2D eigenvalue weighted by molar-refractivity contribution is -0.135. The van der Waals surface area contributed by atoms with Gasteiger partial charge in [0.05, 0.1) is 18.1 Å². The predicted octanol–water partition coefficient (Wildman–Crippen LogP) is 0.835. The zero-order chi connectivity index (χ0) is 16.1. The van der Waals surface area contributed by atoms with Crippen molar-refractivity contribution in [2.24, 2.45) is 0 Å². The van der Waals surface area contributed by atoms with Crippen LogP contribution in [0.25, 0.3) is 6.08 Å². The lowest BCUT2D eigenvalue weighted by atomic mass is 10.1. The Morgan fingerprint density at radius 1 is 1.41 bits per heavy atom. The molecule has 1 aromatic rings. The van der Waals surface area contributed by atoms with Crippen LogP contribution in [-0.4, -0.2) is 35.2 Å². The first-order chi connectivity index (χ1) is 10.5. The Labute approximate surface area is 128 Å². The highest BCUT2D eigenvalue weighted by molar-refractivity contribution is 6.07. The summed E-state index contributed by atoms with van der Waals surface area (Å²) in [4.78, 5) is 36.5. The summed E-state index contributed by atoms with van der Waals surface area (Å²) >= 11 is 0. The number of imide groups is 1. The van der Waals surface area contributed by atoms with Crippen molar-refractivity contribution < 1.29 is 14.4 Å². The average Bonchev–Trinajstić information content (AvgIpc) is 2.85. The van der Waals surface area contributed by atoms with Crippen LogP contribution >= 0.6 is 0 Å². The number of nitrogens with one attached hydrogen (secondary N) is 1. The maximum atomic E-state index is 12.2. The van der Waals surface area contributed by atoms with Crippen molar-refractivity contribution in [3.63, 3.8) is 0 Å². The molecule has 0 saturated carbocycles. The van der Waals surface area contributed by atoms with E-state index >= 15 is 0 Å². The normalized spacial score (nSPS) is 17.4.